The highest BCUT2D eigenvalue weighted by molar-refractivity contribution is 9.10. The van der Waals surface area contributed by atoms with Crippen LogP contribution in [0.1, 0.15) is 12.5 Å². The van der Waals surface area contributed by atoms with Crippen molar-refractivity contribution >= 4 is 27.5 Å². The molecule has 1 aromatic rings. The summed E-state index contributed by atoms with van der Waals surface area (Å²) in [4.78, 5) is 0. The van der Waals surface area contributed by atoms with Gasteiger partial charge in [0.1, 0.15) is 13.2 Å². The Hall–Kier alpha value is -0.660. The first-order valence-electron chi connectivity index (χ1n) is 6.16. The van der Waals surface area contributed by atoms with E-state index < -0.39 is 12.8 Å². The minimum absolute atomic E-state index is 0.0189. The molecule has 0 aromatic heterocycles. The predicted octanol–water partition coefficient (Wildman–Crippen LogP) is 4.54. The van der Waals surface area contributed by atoms with E-state index >= 15 is 0 Å². The van der Waals surface area contributed by atoms with E-state index in [1.165, 1.54) is 0 Å². The minimum atomic E-state index is -4.33. The number of alkyl halides is 4. The van der Waals surface area contributed by atoms with Crippen molar-refractivity contribution in [2.45, 2.75) is 19.0 Å². The Bertz CT molecular complexity index is 455. The van der Waals surface area contributed by atoms with Crippen LogP contribution in [-0.4, -0.2) is 32.6 Å². The van der Waals surface area contributed by atoms with Crippen molar-refractivity contribution in [2.24, 2.45) is 0 Å². The topological polar surface area (TPSA) is 27.7 Å². The number of hydrogen-bond acceptors (Lipinski definition) is 3. The second-order valence-corrected chi connectivity index (χ2v) is 5.11. The quantitative estimate of drug-likeness (QED) is 0.481. The van der Waals surface area contributed by atoms with E-state index in [2.05, 4.69) is 20.7 Å². The Kier molecular flexibility index (Phi) is 7.62. The summed E-state index contributed by atoms with van der Waals surface area (Å²) in [5.41, 5.74) is 0.840. The third-order valence-corrected chi connectivity index (χ3v) is 3.16. The van der Waals surface area contributed by atoms with E-state index in [0.29, 0.717) is 28.5 Å². The van der Waals surface area contributed by atoms with Crippen molar-refractivity contribution in [3.8, 4) is 11.5 Å². The summed E-state index contributed by atoms with van der Waals surface area (Å²) < 4.78 is 51.7. The van der Waals surface area contributed by atoms with Crippen molar-refractivity contribution in [3.63, 3.8) is 0 Å². The first-order valence-corrected chi connectivity index (χ1v) is 7.48. The maximum atomic E-state index is 11.9. The monoisotopic (exact) mass is 390 g/mol. The van der Waals surface area contributed by atoms with E-state index in [0.717, 1.165) is 5.56 Å². The average Bonchev–Trinajstić information content (AvgIpc) is 2.39. The van der Waals surface area contributed by atoms with Gasteiger partial charge in [0, 0.05) is 5.88 Å². The van der Waals surface area contributed by atoms with Gasteiger partial charge in [-0.25, -0.2) is 0 Å². The molecule has 0 atom stereocenters. The summed E-state index contributed by atoms with van der Waals surface area (Å²) in [5.74, 6) is 1.22. The van der Waals surface area contributed by atoms with Crippen molar-refractivity contribution in [1.82, 2.24) is 0 Å². The van der Waals surface area contributed by atoms with E-state index in [1.54, 1.807) is 12.1 Å². The van der Waals surface area contributed by atoms with Gasteiger partial charge in [-0.3, -0.25) is 0 Å². The van der Waals surface area contributed by atoms with E-state index in [1.807, 2.05) is 6.92 Å². The fraction of sp³-hybridized carbons (Fsp3) is 0.538. The molecule has 0 aliphatic carbocycles. The zero-order valence-corrected chi connectivity index (χ0v) is 13.6. The molecule has 0 saturated heterocycles. The van der Waals surface area contributed by atoms with Gasteiger partial charge < -0.3 is 14.2 Å². The number of ether oxygens (including phenoxy) is 3. The molecule has 0 unspecified atom stereocenters. The Balaban J connectivity index is 2.61. The molecule has 0 aliphatic rings. The number of rotatable bonds is 8. The van der Waals surface area contributed by atoms with Gasteiger partial charge in [-0.1, -0.05) is 0 Å². The molecule has 120 valence electrons. The number of halogens is 5. The van der Waals surface area contributed by atoms with Gasteiger partial charge in [-0.05, 0) is 40.5 Å². The molecule has 0 N–H and O–H groups in total. The van der Waals surface area contributed by atoms with Crippen LogP contribution in [0.2, 0.25) is 0 Å². The van der Waals surface area contributed by atoms with Crippen LogP contribution < -0.4 is 9.47 Å². The summed E-state index contributed by atoms with van der Waals surface area (Å²) in [6.45, 7) is 0.765. The van der Waals surface area contributed by atoms with Crippen LogP contribution in [0.5, 0.6) is 11.5 Å². The molecule has 1 aromatic carbocycles. The first-order chi connectivity index (χ1) is 9.87. The van der Waals surface area contributed by atoms with Gasteiger partial charge >= 0.3 is 6.18 Å². The zero-order chi connectivity index (χ0) is 15.9. The van der Waals surface area contributed by atoms with Crippen molar-refractivity contribution < 1.29 is 27.4 Å². The third kappa shape index (κ3) is 6.76. The fourth-order valence-corrected chi connectivity index (χ4v) is 2.25. The second kappa shape index (κ2) is 8.70. The van der Waals surface area contributed by atoms with Gasteiger partial charge in [0.15, 0.2) is 11.5 Å². The van der Waals surface area contributed by atoms with Crippen LogP contribution in [-0.2, 0) is 10.6 Å². The summed E-state index contributed by atoms with van der Waals surface area (Å²) in [5, 5.41) is 0. The van der Waals surface area contributed by atoms with Crippen molar-refractivity contribution in [2.75, 3.05) is 26.4 Å². The highest BCUT2D eigenvalue weighted by Gasteiger charge is 2.27. The van der Waals surface area contributed by atoms with E-state index in [9.17, 15) is 13.2 Å². The first kappa shape index (κ1) is 18.4. The molecule has 0 heterocycles. The van der Waals surface area contributed by atoms with Crippen LogP contribution in [0.3, 0.4) is 0 Å². The summed E-state index contributed by atoms with van der Waals surface area (Å²) in [7, 11) is 0. The number of benzene rings is 1. The molecule has 0 bridgehead atoms. The van der Waals surface area contributed by atoms with Gasteiger partial charge in [-0.2, -0.15) is 13.2 Å². The minimum Gasteiger partial charge on any atom is -0.490 e. The number of hydrogen-bond donors (Lipinski definition) is 0. The standard InChI is InChI=1S/C13H15BrClF3O3/c1-2-20-11-6-9(7-15)5-10(14)12(11)21-4-3-19-8-13(16,17)18/h5-6H,2-4,7-8H2,1H3. The molecule has 1 rings (SSSR count). The Morgan fingerprint density at radius 3 is 2.48 bits per heavy atom. The fourth-order valence-electron chi connectivity index (χ4n) is 1.49. The lowest BCUT2D eigenvalue weighted by molar-refractivity contribution is -0.175. The van der Waals surface area contributed by atoms with Gasteiger partial charge in [0.2, 0.25) is 0 Å². The second-order valence-electron chi connectivity index (χ2n) is 3.99. The van der Waals surface area contributed by atoms with Crippen LogP contribution in [0.15, 0.2) is 16.6 Å². The molecule has 0 radical (unpaired) electrons. The molecular formula is C13H15BrClF3O3. The molecule has 0 aliphatic heterocycles. The molecule has 0 fully saturated rings. The van der Waals surface area contributed by atoms with E-state index in [4.69, 9.17) is 21.1 Å². The Morgan fingerprint density at radius 1 is 1.19 bits per heavy atom. The van der Waals surface area contributed by atoms with Crippen LogP contribution >= 0.6 is 27.5 Å². The van der Waals surface area contributed by atoms with Crippen LogP contribution in [0, 0.1) is 0 Å². The molecule has 0 spiro atoms. The summed E-state index contributed by atoms with van der Waals surface area (Å²) in [6.07, 6.45) is -4.33. The van der Waals surface area contributed by atoms with Crippen molar-refractivity contribution in [3.05, 3.63) is 22.2 Å². The molecule has 21 heavy (non-hydrogen) atoms. The molecule has 8 heteroatoms. The predicted molar refractivity (Wildman–Crippen MR) is 77.2 cm³/mol. The summed E-state index contributed by atoms with van der Waals surface area (Å²) >= 11 is 9.09. The van der Waals surface area contributed by atoms with Crippen molar-refractivity contribution in [1.29, 1.82) is 0 Å². The molecule has 3 nitrogen and oxygen atoms in total. The smallest absolute Gasteiger partial charge is 0.411 e. The Morgan fingerprint density at radius 2 is 1.90 bits per heavy atom. The van der Waals surface area contributed by atoms with Crippen LogP contribution in [0.25, 0.3) is 0 Å². The molecule has 0 amide bonds. The van der Waals surface area contributed by atoms with Gasteiger partial charge in [0.25, 0.3) is 0 Å². The highest BCUT2D eigenvalue weighted by Crippen LogP contribution is 2.37. The lowest BCUT2D eigenvalue weighted by Gasteiger charge is -2.15. The average molecular weight is 392 g/mol. The molecular weight excluding hydrogens is 376 g/mol. The van der Waals surface area contributed by atoms with Crippen LogP contribution in [0.4, 0.5) is 13.2 Å². The largest absolute Gasteiger partial charge is 0.490 e. The van der Waals surface area contributed by atoms with E-state index in [-0.39, 0.29) is 13.2 Å². The Labute approximate surface area is 134 Å². The highest BCUT2D eigenvalue weighted by atomic mass is 79.9. The maximum absolute atomic E-state index is 11.9. The maximum Gasteiger partial charge on any atom is 0.411 e. The van der Waals surface area contributed by atoms with Gasteiger partial charge in [-0.15, -0.1) is 11.6 Å². The summed E-state index contributed by atoms with van der Waals surface area (Å²) in [6, 6.07) is 3.49. The lowest BCUT2D eigenvalue weighted by Crippen LogP contribution is -2.19. The zero-order valence-electron chi connectivity index (χ0n) is 11.3. The normalized spacial score (nSPS) is 11.5. The lowest BCUT2D eigenvalue weighted by atomic mass is 10.2. The SMILES string of the molecule is CCOc1cc(CCl)cc(Br)c1OCCOCC(F)(F)F. The molecule has 0 saturated carbocycles. The third-order valence-electron chi connectivity index (χ3n) is 2.26. The van der Waals surface area contributed by atoms with Gasteiger partial charge in [0.05, 0.1) is 17.7 Å².